The van der Waals surface area contributed by atoms with Crippen molar-refractivity contribution >= 4 is 24.0 Å². The predicted octanol–water partition coefficient (Wildman–Crippen LogP) is 2.72. The predicted molar refractivity (Wildman–Crippen MR) is 104 cm³/mol. The van der Waals surface area contributed by atoms with Crippen LogP contribution in [0.25, 0.3) is 0 Å². The number of hydrogen-bond acceptors (Lipinski definition) is 5. The first-order valence-corrected chi connectivity index (χ1v) is 9.77. The third kappa shape index (κ3) is 5.18. The maximum absolute atomic E-state index is 13.0. The van der Waals surface area contributed by atoms with E-state index < -0.39 is 17.9 Å². The van der Waals surface area contributed by atoms with Crippen LogP contribution in [-0.2, 0) is 9.59 Å². The summed E-state index contributed by atoms with van der Waals surface area (Å²) < 4.78 is 6.01. The van der Waals surface area contributed by atoms with Gasteiger partial charge in [-0.15, -0.1) is 0 Å². The van der Waals surface area contributed by atoms with Gasteiger partial charge in [-0.05, 0) is 37.5 Å². The minimum Gasteiger partial charge on any atom is -0.490 e. The van der Waals surface area contributed by atoms with E-state index in [4.69, 9.17) is 4.74 Å². The third-order valence-corrected chi connectivity index (χ3v) is 5.02. The number of aldehydes is 1. The molecule has 28 heavy (non-hydrogen) atoms. The standard InChI is InChI=1S/C21H28N2O5/c1-4-6-7-15(5-2)28-16-9-8-14(13-24)17(12-16)21(27)23(3)18-10-11-19(25)22-20(18)26/h8-9,12-13,15,18H,4-7,10-11H2,1-3H3,(H,22,25,26). The maximum Gasteiger partial charge on any atom is 0.255 e. The van der Waals surface area contributed by atoms with Gasteiger partial charge in [0.1, 0.15) is 11.8 Å². The number of rotatable bonds is 9. The lowest BCUT2D eigenvalue weighted by atomic mass is 10.0. The fourth-order valence-electron chi connectivity index (χ4n) is 3.25. The van der Waals surface area contributed by atoms with Crippen LogP contribution < -0.4 is 10.1 Å². The van der Waals surface area contributed by atoms with E-state index in [-0.39, 0.29) is 36.0 Å². The molecule has 1 fully saturated rings. The van der Waals surface area contributed by atoms with Crippen molar-refractivity contribution in [2.45, 2.75) is 64.5 Å². The topological polar surface area (TPSA) is 92.8 Å². The monoisotopic (exact) mass is 388 g/mol. The van der Waals surface area contributed by atoms with E-state index in [2.05, 4.69) is 12.2 Å². The normalized spacial score (nSPS) is 17.6. The molecule has 1 aliphatic heterocycles. The molecule has 1 aromatic rings. The highest BCUT2D eigenvalue weighted by atomic mass is 16.5. The second-order valence-corrected chi connectivity index (χ2v) is 7.04. The summed E-state index contributed by atoms with van der Waals surface area (Å²) in [6, 6.07) is 4.05. The van der Waals surface area contributed by atoms with Crippen LogP contribution >= 0.6 is 0 Å². The van der Waals surface area contributed by atoms with E-state index in [1.165, 1.54) is 11.9 Å². The number of amides is 3. The van der Waals surface area contributed by atoms with Crippen LogP contribution in [0.15, 0.2) is 18.2 Å². The van der Waals surface area contributed by atoms with Crippen molar-refractivity contribution in [1.29, 1.82) is 0 Å². The molecule has 0 radical (unpaired) electrons. The summed E-state index contributed by atoms with van der Waals surface area (Å²) in [5, 5.41) is 2.24. The molecule has 1 N–H and O–H groups in total. The number of hydrogen-bond donors (Lipinski definition) is 1. The average molecular weight is 388 g/mol. The molecule has 1 aromatic carbocycles. The van der Waals surface area contributed by atoms with Gasteiger partial charge in [-0.2, -0.15) is 0 Å². The summed E-state index contributed by atoms with van der Waals surface area (Å²) >= 11 is 0. The molecule has 2 atom stereocenters. The molecular formula is C21H28N2O5. The molecule has 0 spiro atoms. The number of nitrogens with one attached hydrogen (secondary N) is 1. The third-order valence-electron chi connectivity index (χ3n) is 5.02. The van der Waals surface area contributed by atoms with Crippen molar-refractivity contribution in [2.75, 3.05) is 7.05 Å². The Balaban J connectivity index is 2.22. The lowest BCUT2D eigenvalue weighted by molar-refractivity contribution is -0.136. The summed E-state index contributed by atoms with van der Waals surface area (Å²) in [6.07, 6.45) is 4.97. The lowest BCUT2D eigenvalue weighted by Gasteiger charge is -2.30. The first kappa shape index (κ1) is 21.6. The molecule has 7 heteroatoms. The SMILES string of the molecule is CCCCC(CC)Oc1ccc(C=O)c(C(=O)N(C)C2CCC(=O)NC2=O)c1. The second kappa shape index (κ2) is 10.0. The average Bonchev–Trinajstić information content (AvgIpc) is 2.69. The van der Waals surface area contributed by atoms with E-state index >= 15 is 0 Å². The quantitative estimate of drug-likeness (QED) is 0.519. The first-order valence-electron chi connectivity index (χ1n) is 9.77. The van der Waals surface area contributed by atoms with Gasteiger partial charge in [0, 0.05) is 19.0 Å². The molecule has 2 unspecified atom stereocenters. The van der Waals surface area contributed by atoms with E-state index in [9.17, 15) is 19.2 Å². The second-order valence-electron chi connectivity index (χ2n) is 7.04. The first-order chi connectivity index (χ1) is 13.4. The fraction of sp³-hybridized carbons (Fsp3) is 0.524. The molecule has 1 saturated heterocycles. The number of likely N-dealkylation sites (N-methyl/N-ethyl adjacent to an activating group) is 1. The molecule has 152 valence electrons. The van der Waals surface area contributed by atoms with Gasteiger partial charge >= 0.3 is 0 Å². The zero-order chi connectivity index (χ0) is 20.7. The van der Waals surface area contributed by atoms with Gasteiger partial charge in [-0.3, -0.25) is 24.5 Å². The Morgan fingerprint density at radius 3 is 2.71 bits per heavy atom. The Morgan fingerprint density at radius 2 is 2.11 bits per heavy atom. The molecular weight excluding hydrogens is 360 g/mol. The molecule has 0 bridgehead atoms. The van der Waals surface area contributed by atoms with Gasteiger partial charge in [0.2, 0.25) is 11.8 Å². The summed E-state index contributed by atoms with van der Waals surface area (Å²) in [6.45, 7) is 4.16. The van der Waals surface area contributed by atoms with Crippen LogP contribution in [0.3, 0.4) is 0 Å². The highest BCUT2D eigenvalue weighted by Crippen LogP contribution is 2.23. The van der Waals surface area contributed by atoms with Gasteiger partial charge < -0.3 is 9.64 Å². The number of imide groups is 1. The number of ether oxygens (including phenoxy) is 1. The van der Waals surface area contributed by atoms with E-state index in [0.29, 0.717) is 12.0 Å². The van der Waals surface area contributed by atoms with Crippen LogP contribution in [0, 0.1) is 0 Å². The zero-order valence-electron chi connectivity index (χ0n) is 16.7. The highest BCUT2D eigenvalue weighted by molar-refractivity contribution is 6.06. The Kier molecular flexibility index (Phi) is 7.72. The highest BCUT2D eigenvalue weighted by Gasteiger charge is 2.33. The molecule has 2 rings (SSSR count). The summed E-state index contributed by atoms with van der Waals surface area (Å²) in [5.74, 6) is -0.779. The van der Waals surface area contributed by atoms with Gasteiger partial charge in [-0.1, -0.05) is 26.7 Å². The Bertz CT molecular complexity index is 746. The van der Waals surface area contributed by atoms with E-state index in [0.717, 1.165) is 25.7 Å². The number of unbranched alkanes of at least 4 members (excludes halogenated alkanes) is 1. The van der Waals surface area contributed by atoms with Gasteiger partial charge in [-0.25, -0.2) is 0 Å². The lowest BCUT2D eigenvalue weighted by Crippen LogP contribution is -2.53. The van der Waals surface area contributed by atoms with Crippen LogP contribution in [0.4, 0.5) is 0 Å². The number of benzene rings is 1. The number of carbonyl (C=O) groups excluding carboxylic acids is 4. The number of piperidine rings is 1. The van der Waals surface area contributed by atoms with Gasteiger partial charge in [0.05, 0.1) is 11.7 Å². The van der Waals surface area contributed by atoms with Gasteiger partial charge in [0.25, 0.3) is 5.91 Å². The van der Waals surface area contributed by atoms with Crippen LogP contribution in [0.1, 0.15) is 73.1 Å². The minimum absolute atomic E-state index is 0.0397. The molecule has 0 saturated carbocycles. The van der Waals surface area contributed by atoms with Crippen molar-refractivity contribution in [3.63, 3.8) is 0 Å². The van der Waals surface area contributed by atoms with Crippen molar-refractivity contribution in [3.8, 4) is 5.75 Å². The molecule has 7 nitrogen and oxygen atoms in total. The molecule has 1 heterocycles. The summed E-state index contributed by atoms with van der Waals surface area (Å²) in [7, 11) is 1.50. The maximum atomic E-state index is 13.0. The molecule has 0 aromatic heterocycles. The van der Waals surface area contributed by atoms with Gasteiger partial charge in [0.15, 0.2) is 6.29 Å². The van der Waals surface area contributed by atoms with Crippen LogP contribution in [0.2, 0.25) is 0 Å². The van der Waals surface area contributed by atoms with Crippen molar-refractivity contribution < 1.29 is 23.9 Å². The van der Waals surface area contributed by atoms with Crippen LogP contribution in [0.5, 0.6) is 5.75 Å². The molecule has 0 aliphatic carbocycles. The fourth-order valence-corrected chi connectivity index (χ4v) is 3.25. The smallest absolute Gasteiger partial charge is 0.255 e. The molecule has 3 amide bonds. The van der Waals surface area contributed by atoms with Crippen LogP contribution in [-0.4, -0.2) is 48.1 Å². The summed E-state index contributed by atoms with van der Waals surface area (Å²) in [4.78, 5) is 49.1. The Morgan fingerprint density at radius 1 is 1.36 bits per heavy atom. The minimum atomic E-state index is -0.748. The van der Waals surface area contributed by atoms with Crippen molar-refractivity contribution in [1.82, 2.24) is 10.2 Å². The zero-order valence-corrected chi connectivity index (χ0v) is 16.7. The van der Waals surface area contributed by atoms with E-state index in [1.54, 1.807) is 18.2 Å². The molecule has 1 aliphatic rings. The Labute approximate surface area is 165 Å². The number of nitrogens with zero attached hydrogens (tertiary/aromatic N) is 1. The van der Waals surface area contributed by atoms with Crippen molar-refractivity contribution in [2.24, 2.45) is 0 Å². The van der Waals surface area contributed by atoms with Crippen molar-refractivity contribution in [3.05, 3.63) is 29.3 Å². The largest absolute Gasteiger partial charge is 0.490 e. The Hall–Kier alpha value is -2.70. The summed E-state index contributed by atoms with van der Waals surface area (Å²) in [5.41, 5.74) is 0.420. The van der Waals surface area contributed by atoms with E-state index in [1.807, 2.05) is 6.92 Å². The number of carbonyl (C=O) groups is 4.